The molecule has 0 fully saturated rings. The van der Waals surface area contributed by atoms with Gasteiger partial charge in [0, 0.05) is 56.7 Å². The number of hydrogen-bond donors (Lipinski definition) is 0. The summed E-state index contributed by atoms with van der Waals surface area (Å²) in [4.78, 5) is 26.0. The molecule has 5 nitrogen and oxygen atoms in total. The van der Waals surface area contributed by atoms with E-state index in [0.29, 0.717) is 17.6 Å². The van der Waals surface area contributed by atoms with Crippen LogP contribution >= 0.6 is 35.3 Å². The summed E-state index contributed by atoms with van der Waals surface area (Å²) in [5, 5.41) is 2.34. The monoisotopic (exact) mass is 847 g/mol. The van der Waals surface area contributed by atoms with Crippen molar-refractivity contribution < 1.29 is 0 Å². The number of fused-ring (bicyclic) bond motifs is 6. The van der Waals surface area contributed by atoms with Gasteiger partial charge >= 0.3 is 0 Å². The van der Waals surface area contributed by atoms with Gasteiger partial charge in [-0.15, -0.1) is 0 Å². The van der Waals surface area contributed by atoms with Gasteiger partial charge in [-0.05, 0) is 94.0 Å². The van der Waals surface area contributed by atoms with E-state index in [1.807, 2.05) is 71.7 Å². The van der Waals surface area contributed by atoms with Crippen molar-refractivity contribution in [1.82, 2.24) is 19.5 Å². The van der Waals surface area contributed by atoms with Gasteiger partial charge in [-0.2, -0.15) is 9.97 Å². The Kier molecular flexibility index (Phi) is 7.20. The molecule has 4 aliphatic rings. The zero-order valence-electron chi connectivity index (χ0n) is 33.5. The molecule has 0 unspecified atom stereocenters. The summed E-state index contributed by atoms with van der Waals surface area (Å²) >= 11 is 5.68. The van der Waals surface area contributed by atoms with Gasteiger partial charge in [0.05, 0.1) is 28.1 Å². The Bertz CT molecular complexity index is 3460. The summed E-state index contributed by atoms with van der Waals surface area (Å²) in [5.74, 6) is 1.88. The zero-order chi connectivity index (χ0) is 40.8. The Morgan fingerprint density at radius 3 is 1.58 bits per heavy atom. The standard InChI is InChI=1S/C54H33N5S3/c1-54(2)38-18-10-9-17-34(38)35-28-37-36-25-32(33-26-46-50-47(27-33)62-45-22-12-20-43-49(45)59(50)48-42(60-43)19-11-21-44(48)61-46)23-24-40(36)58(41(37)29-39(35)54)53-56-51(30-13-5-3-6-14-30)55-52(57-53)31-15-7-4-8-16-31/h3-29H,1-2H3. The minimum absolute atomic E-state index is 0.179. The summed E-state index contributed by atoms with van der Waals surface area (Å²) in [6, 6.07) is 59.5. The molecule has 2 aromatic heterocycles. The predicted octanol–water partition coefficient (Wildman–Crippen LogP) is 15.1. The topological polar surface area (TPSA) is 46.8 Å². The maximum Gasteiger partial charge on any atom is 0.238 e. The molecule has 0 saturated heterocycles. The molecule has 0 bridgehead atoms. The molecule has 0 amide bonds. The highest BCUT2D eigenvalue weighted by molar-refractivity contribution is 8.01. The first-order chi connectivity index (χ1) is 30.5. The molecule has 0 atom stereocenters. The third-order valence-corrected chi connectivity index (χ3v) is 16.2. The van der Waals surface area contributed by atoms with E-state index in [0.717, 1.165) is 27.5 Å². The van der Waals surface area contributed by atoms with Gasteiger partial charge in [0.15, 0.2) is 11.6 Å². The number of hydrogen-bond acceptors (Lipinski definition) is 7. The van der Waals surface area contributed by atoms with Gasteiger partial charge in [-0.25, -0.2) is 4.98 Å². The highest BCUT2D eigenvalue weighted by Crippen LogP contribution is 2.67. The lowest BCUT2D eigenvalue weighted by Crippen LogP contribution is -2.22. The summed E-state index contributed by atoms with van der Waals surface area (Å²) in [6.07, 6.45) is 0. The molecular weight excluding hydrogens is 815 g/mol. The molecule has 1 aliphatic carbocycles. The summed E-state index contributed by atoms with van der Waals surface area (Å²) < 4.78 is 2.27. The van der Waals surface area contributed by atoms with Gasteiger partial charge in [-0.3, -0.25) is 4.57 Å². The molecular formula is C54H33N5S3. The maximum absolute atomic E-state index is 5.28. The Morgan fingerprint density at radius 2 is 0.952 bits per heavy atom. The van der Waals surface area contributed by atoms with E-state index in [-0.39, 0.29) is 5.41 Å². The highest BCUT2D eigenvalue weighted by atomic mass is 32.2. The number of para-hydroxylation sites is 2. The first-order valence-electron chi connectivity index (χ1n) is 20.8. The molecule has 0 spiro atoms. The first kappa shape index (κ1) is 35.1. The van der Waals surface area contributed by atoms with E-state index in [1.165, 1.54) is 85.2 Å². The van der Waals surface area contributed by atoms with Gasteiger partial charge in [0.1, 0.15) is 0 Å². The van der Waals surface area contributed by atoms with E-state index in [1.54, 1.807) is 0 Å². The fraction of sp³-hybridized carbons (Fsp3) is 0.0556. The molecule has 0 saturated carbocycles. The molecule has 8 heteroatoms. The van der Waals surface area contributed by atoms with Crippen LogP contribution in [0.4, 0.5) is 17.1 Å². The second-order valence-electron chi connectivity index (χ2n) is 16.8. The van der Waals surface area contributed by atoms with Crippen LogP contribution in [-0.4, -0.2) is 19.5 Å². The third-order valence-electron chi connectivity index (χ3n) is 13.0. The van der Waals surface area contributed by atoms with Crippen LogP contribution in [0.2, 0.25) is 0 Å². The average molecular weight is 848 g/mol. The van der Waals surface area contributed by atoms with Crippen molar-refractivity contribution in [2.75, 3.05) is 4.90 Å². The summed E-state index contributed by atoms with van der Waals surface area (Å²) in [6.45, 7) is 4.69. The van der Waals surface area contributed by atoms with Crippen LogP contribution in [0.5, 0.6) is 0 Å². The van der Waals surface area contributed by atoms with Crippen molar-refractivity contribution in [3.8, 4) is 51.0 Å². The Balaban J connectivity index is 1.02. The van der Waals surface area contributed by atoms with Crippen molar-refractivity contribution in [2.45, 2.75) is 48.6 Å². The second-order valence-corrected chi connectivity index (χ2v) is 20.1. The van der Waals surface area contributed by atoms with Gasteiger partial charge in [0.25, 0.3) is 0 Å². The van der Waals surface area contributed by atoms with Crippen LogP contribution in [-0.2, 0) is 5.41 Å². The molecule has 62 heavy (non-hydrogen) atoms. The van der Waals surface area contributed by atoms with Crippen LogP contribution in [0.15, 0.2) is 193 Å². The number of nitrogens with zero attached hydrogens (tertiary/aromatic N) is 5. The van der Waals surface area contributed by atoms with Crippen molar-refractivity contribution in [2.24, 2.45) is 0 Å². The maximum atomic E-state index is 5.28. The minimum Gasteiger partial charge on any atom is -0.304 e. The smallest absolute Gasteiger partial charge is 0.238 e. The third kappa shape index (κ3) is 4.88. The first-order valence-corrected chi connectivity index (χ1v) is 23.3. The Labute approximate surface area is 370 Å². The average Bonchev–Trinajstić information content (AvgIpc) is 3.75. The minimum atomic E-state index is -0.179. The lowest BCUT2D eigenvalue weighted by Gasteiger charge is -2.42. The number of benzene rings is 8. The molecule has 14 rings (SSSR count). The zero-order valence-corrected chi connectivity index (χ0v) is 36.0. The van der Waals surface area contributed by atoms with Gasteiger partial charge < -0.3 is 4.90 Å². The van der Waals surface area contributed by atoms with Crippen LogP contribution in [0.3, 0.4) is 0 Å². The SMILES string of the molecule is CC1(C)c2ccccc2-c2cc3c4cc(-c5cc6c7c(c5)Sc5cccc8c5N7c5c(cccc5S6)S8)ccc4n(-c4nc(-c5ccccc5)nc(-c5ccccc5)n4)c3cc21. The van der Waals surface area contributed by atoms with Crippen LogP contribution in [0.25, 0.3) is 72.8 Å². The largest absolute Gasteiger partial charge is 0.304 e. The van der Waals surface area contributed by atoms with E-state index < -0.39 is 0 Å². The van der Waals surface area contributed by atoms with E-state index in [4.69, 9.17) is 15.0 Å². The molecule has 0 N–H and O–H groups in total. The second kappa shape index (κ2) is 12.7. The Hall–Kier alpha value is -6.58. The fourth-order valence-electron chi connectivity index (χ4n) is 10.1. The fourth-order valence-corrected chi connectivity index (χ4v) is 13.7. The molecule has 5 heterocycles. The van der Waals surface area contributed by atoms with Gasteiger partial charge in [0.2, 0.25) is 5.95 Å². The molecule has 0 radical (unpaired) electrons. The van der Waals surface area contributed by atoms with Crippen LogP contribution in [0.1, 0.15) is 25.0 Å². The molecule has 3 aliphatic heterocycles. The molecule has 8 aromatic carbocycles. The number of rotatable bonds is 4. The summed E-state index contributed by atoms with van der Waals surface area (Å²) in [7, 11) is 0. The van der Waals surface area contributed by atoms with Crippen LogP contribution in [0, 0.1) is 0 Å². The predicted molar refractivity (Wildman–Crippen MR) is 255 cm³/mol. The lowest BCUT2D eigenvalue weighted by atomic mass is 9.82. The Morgan fingerprint density at radius 1 is 0.403 bits per heavy atom. The van der Waals surface area contributed by atoms with Gasteiger partial charge in [-0.1, -0.05) is 152 Å². The van der Waals surface area contributed by atoms with Crippen molar-refractivity contribution in [3.05, 3.63) is 175 Å². The normalized spacial score (nSPS) is 14.5. The lowest BCUT2D eigenvalue weighted by molar-refractivity contribution is 0.661. The quantitative estimate of drug-likeness (QED) is 0.175. The van der Waals surface area contributed by atoms with Crippen LogP contribution < -0.4 is 4.90 Å². The van der Waals surface area contributed by atoms with E-state index >= 15 is 0 Å². The van der Waals surface area contributed by atoms with Crippen molar-refractivity contribution in [1.29, 1.82) is 0 Å². The van der Waals surface area contributed by atoms with Crippen molar-refractivity contribution >= 4 is 74.2 Å². The van der Waals surface area contributed by atoms with E-state index in [2.05, 4.69) is 151 Å². The molecule has 292 valence electrons. The highest BCUT2D eigenvalue weighted by Gasteiger charge is 2.40. The summed E-state index contributed by atoms with van der Waals surface area (Å²) in [5.41, 5.74) is 15.4. The number of aromatic nitrogens is 4. The van der Waals surface area contributed by atoms with Crippen molar-refractivity contribution in [3.63, 3.8) is 0 Å². The number of anilines is 3. The molecule has 10 aromatic rings. The van der Waals surface area contributed by atoms with E-state index in [9.17, 15) is 0 Å².